The molecule has 0 saturated heterocycles. The molecule has 1 nitrogen and oxygen atoms in total. The minimum atomic E-state index is -0.213. The second-order valence-corrected chi connectivity index (χ2v) is 5.86. The molecule has 1 rings (SSSR count). The van der Waals surface area contributed by atoms with Gasteiger partial charge >= 0.3 is 0 Å². The zero-order chi connectivity index (χ0) is 13.7. The third-order valence-electron chi connectivity index (χ3n) is 3.37. The van der Waals surface area contributed by atoms with Gasteiger partial charge in [0.05, 0.1) is 0 Å². The first-order valence-electron chi connectivity index (χ1n) is 6.57. The Kier molecular flexibility index (Phi) is 6.10. The van der Waals surface area contributed by atoms with Gasteiger partial charge in [-0.15, -0.1) is 0 Å². The van der Waals surface area contributed by atoms with Gasteiger partial charge < -0.3 is 5.32 Å². The summed E-state index contributed by atoms with van der Waals surface area (Å²) in [6, 6.07) is 5.08. The van der Waals surface area contributed by atoms with Crippen molar-refractivity contribution < 1.29 is 4.39 Å². The summed E-state index contributed by atoms with van der Waals surface area (Å²) in [4.78, 5) is 0. The van der Waals surface area contributed by atoms with Gasteiger partial charge in [0.15, 0.2) is 0 Å². The van der Waals surface area contributed by atoms with Crippen LogP contribution >= 0.6 is 11.6 Å². The Hall–Kier alpha value is -0.600. The van der Waals surface area contributed by atoms with Gasteiger partial charge in [-0.3, -0.25) is 0 Å². The van der Waals surface area contributed by atoms with E-state index < -0.39 is 0 Å². The standard InChI is InChI=1S/C15H23ClFN/c1-10(2)18-9-12(4)11(3)7-13-8-14(17)5-6-15(13)16/h5-6,8,10-12,18H,7,9H2,1-4H3. The highest BCUT2D eigenvalue weighted by Gasteiger charge is 2.15. The summed E-state index contributed by atoms with van der Waals surface area (Å²) >= 11 is 6.09. The fraction of sp³-hybridized carbons (Fsp3) is 0.600. The molecular weight excluding hydrogens is 249 g/mol. The fourth-order valence-corrected chi connectivity index (χ4v) is 2.07. The van der Waals surface area contributed by atoms with Gasteiger partial charge in [-0.05, 0) is 48.6 Å². The summed E-state index contributed by atoms with van der Waals surface area (Å²) in [5.41, 5.74) is 0.903. The van der Waals surface area contributed by atoms with Crippen LogP contribution in [0.15, 0.2) is 18.2 Å². The van der Waals surface area contributed by atoms with E-state index in [1.807, 2.05) is 0 Å². The lowest BCUT2D eigenvalue weighted by atomic mass is 9.89. The molecule has 2 atom stereocenters. The molecule has 0 bridgehead atoms. The second kappa shape index (κ2) is 7.10. The third-order valence-corrected chi connectivity index (χ3v) is 3.74. The van der Waals surface area contributed by atoms with E-state index in [9.17, 15) is 4.39 Å². The molecule has 102 valence electrons. The molecule has 0 heterocycles. The van der Waals surface area contributed by atoms with E-state index in [0.29, 0.717) is 22.9 Å². The maximum Gasteiger partial charge on any atom is 0.123 e. The quantitative estimate of drug-likeness (QED) is 0.814. The van der Waals surface area contributed by atoms with Gasteiger partial charge in [0.2, 0.25) is 0 Å². The Labute approximate surface area is 115 Å². The molecule has 0 aliphatic rings. The van der Waals surface area contributed by atoms with Gasteiger partial charge in [-0.2, -0.15) is 0 Å². The molecule has 0 aliphatic carbocycles. The number of hydrogen-bond donors (Lipinski definition) is 1. The predicted octanol–water partition coefficient (Wildman–Crippen LogP) is 4.29. The summed E-state index contributed by atoms with van der Waals surface area (Å²) in [7, 11) is 0. The first-order valence-corrected chi connectivity index (χ1v) is 6.95. The van der Waals surface area contributed by atoms with Crippen molar-refractivity contribution in [1.29, 1.82) is 0 Å². The molecule has 3 heteroatoms. The molecule has 1 aromatic carbocycles. The zero-order valence-corrected chi connectivity index (χ0v) is 12.4. The van der Waals surface area contributed by atoms with E-state index in [-0.39, 0.29) is 5.82 Å². The van der Waals surface area contributed by atoms with Crippen LogP contribution in [-0.4, -0.2) is 12.6 Å². The first kappa shape index (κ1) is 15.5. The van der Waals surface area contributed by atoms with Crippen molar-refractivity contribution >= 4 is 11.6 Å². The van der Waals surface area contributed by atoms with Crippen molar-refractivity contribution in [3.8, 4) is 0 Å². The van der Waals surface area contributed by atoms with Gasteiger partial charge in [0.1, 0.15) is 5.82 Å². The van der Waals surface area contributed by atoms with Gasteiger partial charge in [-0.25, -0.2) is 4.39 Å². The van der Waals surface area contributed by atoms with Crippen LogP contribution in [0.2, 0.25) is 5.02 Å². The van der Waals surface area contributed by atoms with Crippen molar-refractivity contribution in [3.63, 3.8) is 0 Å². The topological polar surface area (TPSA) is 12.0 Å². The maximum atomic E-state index is 13.2. The molecule has 0 radical (unpaired) electrons. The van der Waals surface area contributed by atoms with Crippen LogP contribution in [-0.2, 0) is 6.42 Å². The average molecular weight is 272 g/mol. The smallest absolute Gasteiger partial charge is 0.123 e. The van der Waals surface area contributed by atoms with Crippen molar-refractivity contribution in [2.45, 2.75) is 40.2 Å². The zero-order valence-electron chi connectivity index (χ0n) is 11.6. The normalized spacial score (nSPS) is 14.8. The third kappa shape index (κ3) is 4.95. The Morgan fingerprint density at radius 2 is 1.83 bits per heavy atom. The van der Waals surface area contributed by atoms with Crippen LogP contribution in [0.5, 0.6) is 0 Å². The molecule has 1 N–H and O–H groups in total. The van der Waals surface area contributed by atoms with E-state index in [1.54, 1.807) is 12.1 Å². The lowest BCUT2D eigenvalue weighted by Gasteiger charge is -2.22. The number of hydrogen-bond acceptors (Lipinski definition) is 1. The van der Waals surface area contributed by atoms with E-state index in [0.717, 1.165) is 18.5 Å². The Morgan fingerprint density at radius 1 is 1.17 bits per heavy atom. The minimum absolute atomic E-state index is 0.213. The summed E-state index contributed by atoms with van der Waals surface area (Å²) in [6.07, 6.45) is 0.817. The summed E-state index contributed by atoms with van der Waals surface area (Å²) < 4.78 is 13.2. The maximum absolute atomic E-state index is 13.2. The van der Waals surface area contributed by atoms with Crippen molar-refractivity contribution in [1.82, 2.24) is 5.32 Å². The van der Waals surface area contributed by atoms with Crippen LogP contribution in [0.3, 0.4) is 0 Å². The van der Waals surface area contributed by atoms with Gasteiger partial charge in [0, 0.05) is 11.1 Å². The molecule has 2 unspecified atom stereocenters. The second-order valence-electron chi connectivity index (χ2n) is 5.46. The molecule has 0 aliphatic heterocycles. The van der Waals surface area contributed by atoms with Crippen molar-refractivity contribution in [3.05, 3.63) is 34.6 Å². The molecular formula is C15H23ClFN. The van der Waals surface area contributed by atoms with E-state index in [4.69, 9.17) is 11.6 Å². The van der Waals surface area contributed by atoms with Crippen LogP contribution < -0.4 is 5.32 Å². The summed E-state index contributed by atoms with van der Waals surface area (Å²) in [6.45, 7) is 9.66. The van der Waals surface area contributed by atoms with Crippen LogP contribution in [0, 0.1) is 17.7 Å². The highest BCUT2D eigenvalue weighted by Crippen LogP contribution is 2.23. The Bertz CT molecular complexity index is 379. The van der Waals surface area contributed by atoms with Crippen LogP contribution in [0.1, 0.15) is 33.3 Å². The predicted molar refractivity (Wildman–Crippen MR) is 76.6 cm³/mol. The van der Waals surface area contributed by atoms with Crippen molar-refractivity contribution in [2.75, 3.05) is 6.54 Å². The molecule has 0 saturated carbocycles. The largest absolute Gasteiger partial charge is 0.314 e. The van der Waals surface area contributed by atoms with Crippen LogP contribution in [0.25, 0.3) is 0 Å². The molecule has 0 spiro atoms. The summed E-state index contributed by atoms with van der Waals surface area (Å²) in [5, 5.41) is 4.09. The van der Waals surface area contributed by atoms with Crippen LogP contribution in [0.4, 0.5) is 4.39 Å². The lowest BCUT2D eigenvalue weighted by Crippen LogP contribution is -2.31. The molecule has 0 fully saturated rings. The number of rotatable bonds is 6. The molecule has 18 heavy (non-hydrogen) atoms. The Morgan fingerprint density at radius 3 is 2.44 bits per heavy atom. The first-order chi connectivity index (χ1) is 8.40. The minimum Gasteiger partial charge on any atom is -0.314 e. The number of halogens is 2. The van der Waals surface area contributed by atoms with E-state index >= 15 is 0 Å². The highest BCUT2D eigenvalue weighted by molar-refractivity contribution is 6.31. The van der Waals surface area contributed by atoms with E-state index in [1.165, 1.54) is 6.07 Å². The fourth-order valence-electron chi connectivity index (χ4n) is 1.87. The lowest BCUT2D eigenvalue weighted by molar-refractivity contribution is 0.354. The molecule has 0 amide bonds. The number of benzene rings is 1. The number of nitrogens with one attached hydrogen (secondary N) is 1. The van der Waals surface area contributed by atoms with E-state index in [2.05, 4.69) is 33.0 Å². The molecule has 1 aromatic rings. The highest BCUT2D eigenvalue weighted by atomic mass is 35.5. The average Bonchev–Trinajstić information content (AvgIpc) is 2.30. The molecule has 0 aromatic heterocycles. The van der Waals surface area contributed by atoms with Gasteiger partial charge in [-0.1, -0.05) is 39.3 Å². The monoisotopic (exact) mass is 271 g/mol. The Balaban J connectivity index is 2.57. The van der Waals surface area contributed by atoms with Gasteiger partial charge in [0.25, 0.3) is 0 Å². The van der Waals surface area contributed by atoms with Crippen molar-refractivity contribution in [2.24, 2.45) is 11.8 Å². The summed E-state index contributed by atoms with van der Waals surface area (Å²) in [5.74, 6) is 0.789. The SMILES string of the molecule is CC(C)NCC(C)C(C)Cc1cc(F)ccc1Cl.